The first-order valence-corrected chi connectivity index (χ1v) is 7.19. The number of nitrogens with one attached hydrogen (secondary N) is 2. The third kappa shape index (κ3) is 1.84. The zero-order chi connectivity index (χ0) is 14.5. The third-order valence-corrected chi connectivity index (χ3v) is 4.91. The van der Waals surface area contributed by atoms with E-state index in [4.69, 9.17) is 5.11 Å². The Morgan fingerprint density at radius 2 is 2.00 bits per heavy atom. The van der Waals surface area contributed by atoms with E-state index in [-0.39, 0.29) is 11.0 Å². The van der Waals surface area contributed by atoms with E-state index in [0.29, 0.717) is 0 Å². The SMILES string of the molecule is O=C(O)NC12CC(c3c[nH]nc3Cc3ccccc3)(C1)C2. The van der Waals surface area contributed by atoms with Crippen LogP contribution in [0.15, 0.2) is 36.5 Å². The zero-order valence-corrected chi connectivity index (χ0v) is 11.6. The average Bonchev–Trinajstić information content (AvgIpc) is 2.81. The zero-order valence-electron chi connectivity index (χ0n) is 11.6. The summed E-state index contributed by atoms with van der Waals surface area (Å²) in [6.45, 7) is 0. The molecule has 5 rings (SSSR count). The molecule has 0 unspecified atom stereocenters. The summed E-state index contributed by atoms with van der Waals surface area (Å²) in [4.78, 5) is 10.8. The fraction of sp³-hybridized carbons (Fsp3) is 0.375. The minimum atomic E-state index is -0.917. The summed E-state index contributed by atoms with van der Waals surface area (Å²) in [6, 6.07) is 10.3. The smallest absolute Gasteiger partial charge is 0.405 e. The van der Waals surface area contributed by atoms with Gasteiger partial charge < -0.3 is 10.4 Å². The van der Waals surface area contributed by atoms with Crippen molar-refractivity contribution in [3.05, 3.63) is 53.3 Å². The number of H-pyrrole nitrogens is 1. The van der Waals surface area contributed by atoms with E-state index in [1.807, 2.05) is 24.4 Å². The first kappa shape index (κ1) is 12.4. The normalized spacial score (nSPS) is 29.3. The van der Waals surface area contributed by atoms with Crippen molar-refractivity contribution in [2.24, 2.45) is 0 Å². The van der Waals surface area contributed by atoms with Gasteiger partial charge in [0.15, 0.2) is 0 Å². The summed E-state index contributed by atoms with van der Waals surface area (Å²) in [6.07, 6.45) is 4.58. The minimum absolute atomic E-state index is 0.138. The van der Waals surface area contributed by atoms with Gasteiger partial charge in [0.2, 0.25) is 0 Å². The molecule has 0 aliphatic heterocycles. The molecule has 2 aromatic rings. The van der Waals surface area contributed by atoms with E-state index in [1.54, 1.807) is 0 Å². The van der Waals surface area contributed by atoms with Gasteiger partial charge >= 0.3 is 6.09 Å². The number of rotatable bonds is 4. The van der Waals surface area contributed by atoms with E-state index in [9.17, 15) is 4.79 Å². The highest BCUT2D eigenvalue weighted by Crippen LogP contribution is 2.68. The molecule has 21 heavy (non-hydrogen) atoms. The summed E-state index contributed by atoms with van der Waals surface area (Å²) in [5, 5.41) is 18.9. The van der Waals surface area contributed by atoms with Gasteiger partial charge in [-0.05, 0) is 30.4 Å². The summed E-state index contributed by atoms with van der Waals surface area (Å²) in [7, 11) is 0. The highest BCUT2D eigenvalue weighted by Gasteiger charge is 2.69. The minimum Gasteiger partial charge on any atom is -0.465 e. The number of aromatic nitrogens is 2. The summed E-state index contributed by atoms with van der Waals surface area (Å²) in [5.41, 5.74) is 3.56. The molecule has 5 heteroatoms. The van der Waals surface area contributed by atoms with Crippen molar-refractivity contribution in [3.63, 3.8) is 0 Å². The van der Waals surface area contributed by atoms with E-state index in [2.05, 4.69) is 27.6 Å². The fourth-order valence-electron chi connectivity index (χ4n) is 4.13. The van der Waals surface area contributed by atoms with Crippen LogP contribution < -0.4 is 5.32 Å². The number of carboxylic acid groups (broad SMARTS) is 1. The predicted molar refractivity (Wildman–Crippen MR) is 77.3 cm³/mol. The lowest BCUT2D eigenvalue weighted by Crippen LogP contribution is -2.76. The predicted octanol–water partition coefficient (Wildman–Crippen LogP) is 2.44. The maximum atomic E-state index is 10.8. The summed E-state index contributed by atoms with van der Waals surface area (Å²) >= 11 is 0. The van der Waals surface area contributed by atoms with Crippen molar-refractivity contribution in [1.82, 2.24) is 15.5 Å². The van der Waals surface area contributed by atoms with Gasteiger partial charge in [-0.15, -0.1) is 0 Å². The number of hydrogen-bond acceptors (Lipinski definition) is 2. The van der Waals surface area contributed by atoms with Crippen LogP contribution in [0.3, 0.4) is 0 Å². The van der Waals surface area contributed by atoms with Crippen LogP contribution in [0.5, 0.6) is 0 Å². The van der Waals surface area contributed by atoms with Crippen LogP contribution in [-0.2, 0) is 11.8 Å². The lowest BCUT2D eigenvalue weighted by atomic mass is 9.37. The van der Waals surface area contributed by atoms with Gasteiger partial charge in [-0.1, -0.05) is 30.3 Å². The number of benzene rings is 1. The first-order chi connectivity index (χ1) is 10.1. The monoisotopic (exact) mass is 283 g/mol. The Morgan fingerprint density at radius 3 is 2.67 bits per heavy atom. The van der Waals surface area contributed by atoms with Crippen molar-refractivity contribution in [2.45, 2.75) is 36.6 Å². The molecule has 3 N–H and O–H groups in total. The number of amides is 1. The van der Waals surface area contributed by atoms with E-state index in [1.165, 1.54) is 11.1 Å². The molecule has 0 radical (unpaired) electrons. The Hall–Kier alpha value is -2.30. The van der Waals surface area contributed by atoms with E-state index < -0.39 is 6.09 Å². The van der Waals surface area contributed by atoms with Gasteiger partial charge in [0, 0.05) is 23.6 Å². The Labute approximate surface area is 122 Å². The molecular formula is C16H17N3O2. The Balaban J connectivity index is 1.52. The molecule has 1 heterocycles. The van der Waals surface area contributed by atoms with Crippen LogP contribution in [0, 0.1) is 0 Å². The van der Waals surface area contributed by atoms with Crippen molar-refractivity contribution in [3.8, 4) is 0 Å². The second-order valence-corrected chi connectivity index (χ2v) is 6.43. The molecule has 0 atom stereocenters. The first-order valence-electron chi connectivity index (χ1n) is 7.19. The largest absolute Gasteiger partial charge is 0.465 e. The molecule has 5 nitrogen and oxygen atoms in total. The Morgan fingerprint density at radius 1 is 1.29 bits per heavy atom. The Kier molecular flexibility index (Phi) is 2.43. The Bertz CT molecular complexity index is 673. The molecule has 1 aromatic heterocycles. The van der Waals surface area contributed by atoms with E-state index in [0.717, 1.165) is 31.4 Å². The molecule has 3 aliphatic carbocycles. The topological polar surface area (TPSA) is 78.0 Å². The quantitative estimate of drug-likeness (QED) is 0.806. The van der Waals surface area contributed by atoms with Gasteiger partial charge in [-0.2, -0.15) is 5.10 Å². The molecular weight excluding hydrogens is 266 g/mol. The number of carbonyl (C=O) groups is 1. The van der Waals surface area contributed by atoms with Crippen LogP contribution >= 0.6 is 0 Å². The standard InChI is InChI=1S/C16H17N3O2/c20-14(21)18-16-8-15(9-16,10-16)12-7-17-19-13(12)6-11-4-2-1-3-5-11/h1-5,7,18H,6,8-10H2,(H,17,19)(H,20,21). The van der Waals surface area contributed by atoms with Crippen molar-refractivity contribution >= 4 is 6.09 Å². The van der Waals surface area contributed by atoms with Gasteiger partial charge in [-0.3, -0.25) is 5.10 Å². The average molecular weight is 283 g/mol. The van der Waals surface area contributed by atoms with Gasteiger partial charge in [0.1, 0.15) is 0 Å². The molecule has 0 saturated heterocycles. The number of aromatic amines is 1. The van der Waals surface area contributed by atoms with Gasteiger partial charge in [0.05, 0.1) is 5.69 Å². The van der Waals surface area contributed by atoms with Crippen LogP contribution in [0.25, 0.3) is 0 Å². The van der Waals surface area contributed by atoms with Crippen LogP contribution in [0.1, 0.15) is 36.1 Å². The number of hydrogen-bond donors (Lipinski definition) is 3. The van der Waals surface area contributed by atoms with Crippen LogP contribution in [-0.4, -0.2) is 26.9 Å². The molecule has 2 bridgehead atoms. The molecule has 108 valence electrons. The fourth-order valence-corrected chi connectivity index (χ4v) is 4.13. The molecule has 0 spiro atoms. The lowest BCUT2D eigenvalue weighted by molar-refractivity contribution is -0.0825. The number of nitrogens with zero attached hydrogens (tertiary/aromatic N) is 1. The lowest BCUT2D eigenvalue weighted by Gasteiger charge is -2.70. The highest BCUT2D eigenvalue weighted by molar-refractivity contribution is 5.67. The third-order valence-electron chi connectivity index (χ3n) is 4.91. The van der Waals surface area contributed by atoms with Crippen molar-refractivity contribution < 1.29 is 9.90 Å². The summed E-state index contributed by atoms with van der Waals surface area (Å²) < 4.78 is 0. The summed E-state index contributed by atoms with van der Waals surface area (Å²) in [5.74, 6) is 0. The van der Waals surface area contributed by atoms with E-state index >= 15 is 0 Å². The van der Waals surface area contributed by atoms with Gasteiger partial charge in [0.25, 0.3) is 0 Å². The van der Waals surface area contributed by atoms with Crippen molar-refractivity contribution in [1.29, 1.82) is 0 Å². The molecule has 3 fully saturated rings. The molecule has 1 amide bonds. The molecule has 3 saturated carbocycles. The van der Waals surface area contributed by atoms with Crippen LogP contribution in [0.2, 0.25) is 0 Å². The van der Waals surface area contributed by atoms with Gasteiger partial charge in [-0.25, -0.2) is 4.79 Å². The van der Waals surface area contributed by atoms with Crippen LogP contribution in [0.4, 0.5) is 4.79 Å². The van der Waals surface area contributed by atoms with Crippen molar-refractivity contribution in [2.75, 3.05) is 0 Å². The maximum Gasteiger partial charge on any atom is 0.405 e. The maximum absolute atomic E-state index is 10.8. The second kappa shape index (κ2) is 4.10. The highest BCUT2D eigenvalue weighted by atomic mass is 16.4. The molecule has 3 aliphatic rings. The molecule has 1 aromatic carbocycles. The second-order valence-electron chi connectivity index (χ2n) is 6.43.